The van der Waals surface area contributed by atoms with Gasteiger partial charge in [0.05, 0.1) is 12.1 Å². The quantitative estimate of drug-likeness (QED) is 0.588. The Hall–Kier alpha value is -3.73. The van der Waals surface area contributed by atoms with E-state index < -0.39 is 17.6 Å². The van der Waals surface area contributed by atoms with Gasteiger partial charge >= 0.3 is 0 Å². The Bertz CT molecular complexity index is 1200. The van der Waals surface area contributed by atoms with Gasteiger partial charge < -0.3 is 5.32 Å². The van der Waals surface area contributed by atoms with E-state index in [1.807, 2.05) is 63.2 Å². The van der Waals surface area contributed by atoms with Crippen molar-refractivity contribution in [2.45, 2.75) is 27.3 Å². The van der Waals surface area contributed by atoms with Crippen molar-refractivity contribution in [3.63, 3.8) is 0 Å². The Morgan fingerprint density at radius 1 is 0.839 bits per heavy atom. The number of carbonyl (C=O) groups is 2. The molecule has 0 saturated carbocycles. The van der Waals surface area contributed by atoms with Crippen LogP contribution in [0.4, 0.5) is 10.1 Å². The van der Waals surface area contributed by atoms with E-state index >= 15 is 0 Å². The number of anilines is 1. The van der Waals surface area contributed by atoms with E-state index in [4.69, 9.17) is 0 Å². The molecule has 0 radical (unpaired) electrons. The summed E-state index contributed by atoms with van der Waals surface area (Å²) in [6.07, 6.45) is 0. The average Bonchev–Trinajstić information content (AvgIpc) is 2.98. The Morgan fingerprint density at radius 2 is 1.52 bits per heavy atom. The molecule has 0 spiro atoms. The lowest BCUT2D eigenvalue weighted by Crippen LogP contribution is -2.32. The Kier molecular flexibility index (Phi) is 5.42. The molecule has 2 amide bonds. The summed E-state index contributed by atoms with van der Waals surface area (Å²) in [4.78, 5) is 27.9. The van der Waals surface area contributed by atoms with Gasteiger partial charge in [0.15, 0.2) is 0 Å². The van der Waals surface area contributed by atoms with Gasteiger partial charge in [0.1, 0.15) is 11.5 Å². The van der Waals surface area contributed by atoms with Gasteiger partial charge in [-0.05, 0) is 61.2 Å². The number of halogens is 1. The van der Waals surface area contributed by atoms with Crippen molar-refractivity contribution in [3.05, 3.63) is 106 Å². The molecular weight excluding hydrogens is 391 g/mol. The lowest BCUT2D eigenvalue weighted by molar-refractivity contribution is -0.137. The summed E-state index contributed by atoms with van der Waals surface area (Å²) in [6, 6.07) is 19.1. The van der Waals surface area contributed by atoms with Crippen molar-refractivity contribution in [3.8, 4) is 0 Å². The van der Waals surface area contributed by atoms with E-state index in [1.165, 1.54) is 29.2 Å². The molecule has 1 heterocycles. The number of rotatable bonds is 5. The smallest absolute Gasteiger partial charge is 0.278 e. The second kappa shape index (κ2) is 8.19. The van der Waals surface area contributed by atoms with Gasteiger partial charge in [0.25, 0.3) is 11.8 Å². The molecule has 0 saturated heterocycles. The van der Waals surface area contributed by atoms with E-state index in [1.54, 1.807) is 0 Å². The zero-order valence-electron chi connectivity index (χ0n) is 17.7. The zero-order chi connectivity index (χ0) is 22.1. The monoisotopic (exact) mass is 414 g/mol. The molecule has 5 heteroatoms. The van der Waals surface area contributed by atoms with Crippen molar-refractivity contribution in [1.82, 2.24) is 4.90 Å². The molecular formula is C26H23FN2O2. The van der Waals surface area contributed by atoms with Crippen LogP contribution in [0.3, 0.4) is 0 Å². The number of nitrogens with zero attached hydrogens (tertiary/aromatic N) is 1. The Labute approximate surface area is 181 Å². The maximum atomic E-state index is 13.5. The van der Waals surface area contributed by atoms with Gasteiger partial charge in [-0.3, -0.25) is 14.5 Å². The number of carbonyl (C=O) groups excluding carboxylic acids is 2. The molecule has 3 aromatic carbocycles. The molecule has 31 heavy (non-hydrogen) atoms. The second-order valence-electron chi connectivity index (χ2n) is 7.81. The number of hydrogen-bond acceptors (Lipinski definition) is 3. The summed E-state index contributed by atoms with van der Waals surface area (Å²) in [6.45, 7) is 6.10. The van der Waals surface area contributed by atoms with Crippen molar-refractivity contribution in [1.29, 1.82) is 0 Å². The lowest BCUT2D eigenvalue weighted by Gasteiger charge is -2.16. The molecule has 0 bridgehead atoms. The molecule has 4 rings (SSSR count). The highest BCUT2D eigenvalue weighted by atomic mass is 19.1. The highest BCUT2D eigenvalue weighted by molar-refractivity contribution is 6.36. The van der Waals surface area contributed by atoms with Crippen LogP contribution in [0.15, 0.2) is 72.4 Å². The molecule has 0 aliphatic carbocycles. The fourth-order valence-corrected chi connectivity index (χ4v) is 3.62. The third-order valence-electron chi connectivity index (χ3n) is 5.63. The number of imide groups is 1. The van der Waals surface area contributed by atoms with E-state index in [9.17, 15) is 14.0 Å². The first kappa shape index (κ1) is 20.5. The van der Waals surface area contributed by atoms with Crippen molar-refractivity contribution in [2.24, 2.45) is 0 Å². The van der Waals surface area contributed by atoms with Gasteiger partial charge in [-0.2, -0.15) is 0 Å². The topological polar surface area (TPSA) is 49.4 Å². The highest BCUT2D eigenvalue weighted by Gasteiger charge is 2.39. The number of hydrogen-bond donors (Lipinski definition) is 1. The summed E-state index contributed by atoms with van der Waals surface area (Å²) in [7, 11) is 0. The van der Waals surface area contributed by atoms with E-state index in [0.717, 1.165) is 27.9 Å². The fraction of sp³-hybridized carbons (Fsp3) is 0.154. The number of amides is 2. The third kappa shape index (κ3) is 3.99. The first-order valence-electron chi connectivity index (χ1n) is 10.1. The largest absolute Gasteiger partial charge is 0.350 e. The predicted octanol–water partition coefficient (Wildman–Crippen LogP) is 5.14. The van der Waals surface area contributed by atoms with Crippen LogP contribution in [0.2, 0.25) is 0 Å². The van der Waals surface area contributed by atoms with Crippen LogP contribution >= 0.6 is 0 Å². The third-order valence-corrected chi connectivity index (χ3v) is 5.63. The van der Waals surface area contributed by atoms with Crippen molar-refractivity contribution in [2.75, 3.05) is 5.32 Å². The molecule has 0 atom stereocenters. The van der Waals surface area contributed by atoms with Gasteiger partial charge in [0.2, 0.25) is 0 Å². The molecule has 3 aromatic rings. The van der Waals surface area contributed by atoms with Gasteiger partial charge in [0, 0.05) is 5.69 Å². The maximum Gasteiger partial charge on any atom is 0.278 e. The molecule has 4 nitrogen and oxygen atoms in total. The first-order valence-corrected chi connectivity index (χ1v) is 10.1. The fourth-order valence-electron chi connectivity index (χ4n) is 3.62. The zero-order valence-corrected chi connectivity index (χ0v) is 17.7. The highest BCUT2D eigenvalue weighted by Crippen LogP contribution is 2.32. The number of nitrogens with one attached hydrogen (secondary N) is 1. The molecule has 1 N–H and O–H groups in total. The van der Waals surface area contributed by atoms with Gasteiger partial charge in [-0.25, -0.2) is 4.39 Å². The maximum absolute atomic E-state index is 13.5. The van der Waals surface area contributed by atoms with Crippen LogP contribution in [-0.2, 0) is 16.1 Å². The van der Waals surface area contributed by atoms with Crippen LogP contribution in [0.25, 0.3) is 5.57 Å². The van der Waals surface area contributed by atoms with Crippen LogP contribution in [0, 0.1) is 26.6 Å². The summed E-state index contributed by atoms with van der Waals surface area (Å²) in [5.41, 5.74) is 5.74. The van der Waals surface area contributed by atoms with Crippen LogP contribution in [0.5, 0.6) is 0 Å². The van der Waals surface area contributed by atoms with Crippen molar-refractivity contribution >= 4 is 23.1 Å². The number of benzene rings is 3. The van der Waals surface area contributed by atoms with E-state index in [-0.39, 0.29) is 17.8 Å². The molecule has 0 aromatic heterocycles. The molecule has 1 aliphatic heterocycles. The Morgan fingerprint density at radius 3 is 2.19 bits per heavy atom. The molecule has 0 unspecified atom stereocenters. The van der Waals surface area contributed by atoms with Crippen LogP contribution in [-0.4, -0.2) is 16.7 Å². The molecule has 0 fully saturated rings. The average molecular weight is 414 g/mol. The minimum absolute atomic E-state index is 0.167. The normalized spacial score (nSPS) is 13.9. The Balaban J connectivity index is 1.76. The van der Waals surface area contributed by atoms with Crippen molar-refractivity contribution < 1.29 is 14.0 Å². The van der Waals surface area contributed by atoms with Gasteiger partial charge in [-0.15, -0.1) is 0 Å². The minimum atomic E-state index is -0.401. The molecule has 156 valence electrons. The van der Waals surface area contributed by atoms with E-state index in [2.05, 4.69) is 5.32 Å². The lowest BCUT2D eigenvalue weighted by atomic mass is 10.0. The summed E-state index contributed by atoms with van der Waals surface area (Å²) < 4.78 is 13.5. The summed E-state index contributed by atoms with van der Waals surface area (Å²) in [5, 5.41) is 3.19. The summed E-state index contributed by atoms with van der Waals surface area (Å²) in [5.74, 6) is -1.20. The first-order chi connectivity index (χ1) is 14.8. The predicted molar refractivity (Wildman–Crippen MR) is 120 cm³/mol. The van der Waals surface area contributed by atoms with Crippen LogP contribution in [0.1, 0.15) is 27.8 Å². The second-order valence-corrected chi connectivity index (χ2v) is 7.81. The summed E-state index contributed by atoms with van der Waals surface area (Å²) >= 11 is 0. The standard InChI is InChI=1S/C26H23FN2O2/c1-16-7-9-19(10-8-16)15-29-25(30)23(20-11-13-21(27)14-12-20)24(26(29)31)28-22-6-4-5-17(2)18(22)3/h4-14,28H,15H2,1-3H3. The number of aryl methyl sites for hydroxylation is 2. The van der Waals surface area contributed by atoms with Gasteiger partial charge in [-0.1, -0.05) is 54.1 Å². The SMILES string of the molecule is Cc1ccc(CN2C(=O)C(Nc3cccc(C)c3C)=C(c3ccc(F)cc3)C2=O)cc1. The van der Waals surface area contributed by atoms with E-state index in [0.29, 0.717) is 5.56 Å². The molecule has 1 aliphatic rings. The van der Waals surface area contributed by atoms with Crippen LogP contribution < -0.4 is 5.32 Å². The minimum Gasteiger partial charge on any atom is -0.350 e.